The Morgan fingerprint density at radius 1 is 1.12 bits per heavy atom. The van der Waals surface area contributed by atoms with Crippen molar-refractivity contribution in [3.05, 3.63) is 52.6 Å². The Labute approximate surface area is 140 Å². The van der Waals surface area contributed by atoms with E-state index in [0.29, 0.717) is 10.9 Å². The van der Waals surface area contributed by atoms with E-state index in [2.05, 4.69) is 22.5 Å². The minimum atomic E-state index is -0.349. The molecule has 0 saturated carbocycles. The van der Waals surface area contributed by atoms with Crippen LogP contribution in [-0.4, -0.2) is 22.6 Å². The fourth-order valence-electron chi connectivity index (χ4n) is 2.94. The maximum absolute atomic E-state index is 11.5. The van der Waals surface area contributed by atoms with Gasteiger partial charge in [0.2, 0.25) is 0 Å². The molecule has 1 atom stereocenters. The molecule has 0 aliphatic rings. The topological polar surface area (TPSA) is 80.1 Å². The number of rotatable bonds is 6. The van der Waals surface area contributed by atoms with Gasteiger partial charge in [-0.05, 0) is 25.1 Å². The first-order chi connectivity index (χ1) is 11.7. The van der Waals surface area contributed by atoms with Crippen LogP contribution in [0.25, 0.3) is 21.8 Å². The zero-order valence-electron chi connectivity index (χ0n) is 13.7. The second kappa shape index (κ2) is 6.80. The molecule has 1 unspecified atom stereocenters. The van der Waals surface area contributed by atoms with Gasteiger partial charge in [-0.1, -0.05) is 38.1 Å². The molecule has 6 nitrogen and oxygen atoms in total. The van der Waals surface area contributed by atoms with E-state index in [1.165, 1.54) is 6.07 Å². The van der Waals surface area contributed by atoms with Crippen LogP contribution in [0.15, 0.2) is 42.5 Å². The van der Waals surface area contributed by atoms with Crippen LogP contribution in [0.1, 0.15) is 20.3 Å². The second-order valence-corrected chi connectivity index (χ2v) is 5.60. The largest absolute Gasteiger partial charge is 0.369 e. The van der Waals surface area contributed by atoms with Gasteiger partial charge in [-0.2, -0.15) is 0 Å². The number of nitro groups is 1. The van der Waals surface area contributed by atoms with Crippen molar-refractivity contribution in [2.75, 3.05) is 11.9 Å². The fraction of sp³-hybridized carbons (Fsp3) is 0.278. The molecule has 0 radical (unpaired) electrons. The Morgan fingerprint density at radius 2 is 1.88 bits per heavy atom. The number of anilines is 1. The Hall–Kier alpha value is -2.73. The molecule has 0 spiro atoms. The van der Waals surface area contributed by atoms with Crippen molar-refractivity contribution < 1.29 is 4.92 Å². The number of pyridine rings is 1. The van der Waals surface area contributed by atoms with Crippen molar-refractivity contribution in [1.29, 1.82) is 0 Å². The molecule has 1 heterocycles. The Morgan fingerprint density at radius 3 is 2.58 bits per heavy atom. The molecule has 0 aliphatic carbocycles. The molecule has 124 valence electrons. The molecule has 0 aliphatic heterocycles. The standard InChI is InChI=1S/C18H20N4O2/c1-3-16(19-4-2)21-18-12-8-5-6-9-13(12)20-14-10-7-11-15(17(14)18)22(23)24/h5-11,16,19H,3-4H2,1-2H3,(H,20,21). The molecule has 24 heavy (non-hydrogen) atoms. The van der Waals surface area contributed by atoms with Crippen molar-refractivity contribution in [1.82, 2.24) is 10.3 Å². The first-order valence-electron chi connectivity index (χ1n) is 8.11. The van der Waals surface area contributed by atoms with E-state index in [9.17, 15) is 10.1 Å². The summed E-state index contributed by atoms with van der Waals surface area (Å²) in [5.41, 5.74) is 2.27. The summed E-state index contributed by atoms with van der Waals surface area (Å²) in [5, 5.41) is 19.8. The Bertz CT molecular complexity index is 895. The van der Waals surface area contributed by atoms with Crippen molar-refractivity contribution in [3.8, 4) is 0 Å². The number of fused-ring (bicyclic) bond motifs is 2. The van der Waals surface area contributed by atoms with Crippen molar-refractivity contribution in [2.24, 2.45) is 0 Å². The quantitative estimate of drug-likeness (QED) is 0.309. The minimum Gasteiger partial charge on any atom is -0.369 e. The highest BCUT2D eigenvalue weighted by Gasteiger charge is 2.20. The van der Waals surface area contributed by atoms with Crippen LogP contribution in [-0.2, 0) is 0 Å². The first-order valence-corrected chi connectivity index (χ1v) is 8.11. The highest BCUT2D eigenvalue weighted by Crippen LogP contribution is 2.36. The highest BCUT2D eigenvalue weighted by molar-refractivity contribution is 6.11. The SMILES string of the molecule is CCNC(CC)Nc1c2ccccc2nc2cccc([N+](=O)[O-])c12. The number of nitrogens with one attached hydrogen (secondary N) is 2. The van der Waals surface area contributed by atoms with Crippen LogP contribution in [0.4, 0.5) is 11.4 Å². The van der Waals surface area contributed by atoms with Gasteiger partial charge in [0, 0.05) is 11.5 Å². The molecule has 2 N–H and O–H groups in total. The number of non-ortho nitro benzene ring substituents is 1. The van der Waals surface area contributed by atoms with Crippen molar-refractivity contribution >= 4 is 33.2 Å². The number of aromatic nitrogens is 1. The van der Waals surface area contributed by atoms with Gasteiger partial charge in [0.1, 0.15) is 5.39 Å². The lowest BCUT2D eigenvalue weighted by Crippen LogP contribution is -2.35. The third-order valence-corrected chi connectivity index (χ3v) is 4.06. The Kier molecular flexibility index (Phi) is 4.57. The van der Waals surface area contributed by atoms with Crippen molar-refractivity contribution in [3.63, 3.8) is 0 Å². The molecular formula is C18H20N4O2. The van der Waals surface area contributed by atoms with Gasteiger partial charge >= 0.3 is 0 Å². The predicted octanol–water partition coefficient (Wildman–Crippen LogP) is 4.05. The van der Waals surface area contributed by atoms with E-state index in [1.807, 2.05) is 37.3 Å². The monoisotopic (exact) mass is 324 g/mol. The van der Waals surface area contributed by atoms with Crippen LogP contribution in [0.2, 0.25) is 0 Å². The lowest BCUT2D eigenvalue weighted by Gasteiger charge is -2.21. The number of benzene rings is 2. The molecule has 0 amide bonds. The molecule has 0 bridgehead atoms. The fourth-order valence-corrected chi connectivity index (χ4v) is 2.94. The third-order valence-electron chi connectivity index (χ3n) is 4.06. The van der Waals surface area contributed by atoms with Gasteiger partial charge in [-0.3, -0.25) is 15.4 Å². The second-order valence-electron chi connectivity index (χ2n) is 5.60. The summed E-state index contributed by atoms with van der Waals surface area (Å²) in [6, 6.07) is 12.7. The van der Waals surface area contributed by atoms with Crippen LogP contribution < -0.4 is 10.6 Å². The summed E-state index contributed by atoms with van der Waals surface area (Å²) in [6.45, 7) is 4.92. The number of hydrogen-bond acceptors (Lipinski definition) is 5. The average molecular weight is 324 g/mol. The summed E-state index contributed by atoms with van der Waals surface area (Å²) < 4.78 is 0. The zero-order chi connectivity index (χ0) is 17.1. The van der Waals surface area contributed by atoms with Gasteiger partial charge in [0.05, 0.1) is 27.8 Å². The van der Waals surface area contributed by atoms with Gasteiger partial charge in [-0.25, -0.2) is 4.98 Å². The number of nitrogens with zero attached hydrogens (tertiary/aromatic N) is 2. The average Bonchev–Trinajstić information content (AvgIpc) is 2.60. The van der Waals surface area contributed by atoms with Gasteiger partial charge in [-0.15, -0.1) is 0 Å². The molecule has 3 aromatic rings. The third kappa shape index (κ3) is 2.88. The molecule has 0 fully saturated rings. The van der Waals surface area contributed by atoms with E-state index < -0.39 is 0 Å². The van der Waals surface area contributed by atoms with E-state index in [-0.39, 0.29) is 16.8 Å². The summed E-state index contributed by atoms with van der Waals surface area (Å²) in [5.74, 6) is 0. The van der Waals surface area contributed by atoms with Gasteiger partial charge < -0.3 is 5.32 Å². The zero-order valence-corrected chi connectivity index (χ0v) is 13.7. The smallest absolute Gasteiger partial charge is 0.280 e. The first kappa shape index (κ1) is 16.1. The van der Waals surface area contributed by atoms with E-state index in [1.54, 1.807) is 6.07 Å². The summed E-state index contributed by atoms with van der Waals surface area (Å²) in [4.78, 5) is 15.8. The number of nitro benzene ring substituents is 1. The molecule has 1 aromatic heterocycles. The molecule has 0 saturated heterocycles. The van der Waals surface area contributed by atoms with E-state index in [4.69, 9.17) is 0 Å². The minimum absolute atomic E-state index is 0.0313. The summed E-state index contributed by atoms with van der Waals surface area (Å²) in [6.07, 6.45) is 0.885. The summed E-state index contributed by atoms with van der Waals surface area (Å²) >= 11 is 0. The lowest BCUT2D eigenvalue weighted by molar-refractivity contribution is -0.383. The highest BCUT2D eigenvalue weighted by atomic mass is 16.6. The predicted molar refractivity (Wildman–Crippen MR) is 97.3 cm³/mol. The van der Waals surface area contributed by atoms with Crippen LogP contribution >= 0.6 is 0 Å². The Balaban J connectivity index is 2.33. The summed E-state index contributed by atoms with van der Waals surface area (Å²) in [7, 11) is 0. The lowest BCUT2D eigenvalue weighted by atomic mass is 10.1. The molecule has 2 aromatic carbocycles. The maximum Gasteiger partial charge on any atom is 0.280 e. The normalized spacial score (nSPS) is 12.4. The van der Waals surface area contributed by atoms with E-state index in [0.717, 1.165) is 29.6 Å². The van der Waals surface area contributed by atoms with Crippen LogP contribution in [0, 0.1) is 10.1 Å². The van der Waals surface area contributed by atoms with E-state index >= 15 is 0 Å². The van der Waals surface area contributed by atoms with Gasteiger partial charge in [0.15, 0.2) is 0 Å². The molecule has 6 heteroatoms. The van der Waals surface area contributed by atoms with Crippen LogP contribution in [0.3, 0.4) is 0 Å². The van der Waals surface area contributed by atoms with Crippen LogP contribution in [0.5, 0.6) is 0 Å². The van der Waals surface area contributed by atoms with Gasteiger partial charge in [0.25, 0.3) is 5.69 Å². The molecule has 3 rings (SSSR count). The number of hydrogen-bond donors (Lipinski definition) is 2. The number of para-hydroxylation sites is 1. The molecular weight excluding hydrogens is 304 g/mol. The maximum atomic E-state index is 11.5. The van der Waals surface area contributed by atoms with Crippen molar-refractivity contribution in [2.45, 2.75) is 26.4 Å².